The summed E-state index contributed by atoms with van der Waals surface area (Å²) in [6.45, 7) is 3.63. The van der Waals surface area contributed by atoms with Crippen molar-refractivity contribution < 1.29 is 14.6 Å². The van der Waals surface area contributed by atoms with Crippen molar-refractivity contribution in [3.63, 3.8) is 0 Å². The van der Waals surface area contributed by atoms with Gasteiger partial charge in [-0.15, -0.1) is 0 Å². The average Bonchev–Trinajstić information content (AvgIpc) is 2.44. The van der Waals surface area contributed by atoms with Gasteiger partial charge in [0.2, 0.25) is 0 Å². The summed E-state index contributed by atoms with van der Waals surface area (Å²) in [5, 5.41) is 9.25. The maximum Gasteiger partial charge on any atom is 0.303 e. The van der Waals surface area contributed by atoms with Crippen LogP contribution in [0.4, 0.5) is 0 Å². The van der Waals surface area contributed by atoms with Crippen LogP contribution in [0.3, 0.4) is 0 Å². The zero-order valence-electron chi connectivity index (χ0n) is 12.0. The van der Waals surface area contributed by atoms with Gasteiger partial charge in [-0.3, -0.25) is 4.79 Å². The zero-order chi connectivity index (χ0) is 14.2. The Balaban J connectivity index is 2.06. The molecule has 1 unspecified atom stereocenters. The lowest BCUT2D eigenvalue weighted by atomic mass is 9.58. The third-order valence-electron chi connectivity index (χ3n) is 5.15. The molecule has 1 aliphatic carbocycles. The van der Waals surface area contributed by atoms with Gasteiger partial charge < -0.3 is 9.84 Å². The predicted molar refractivity (Wildman–Crippen MR) is 77.0 cm³/mol. The van der Waals surface area contributed by atoms with E-state index in [-0.39, 0.29) is 17.8 Å². The molecule has 0 saturated carbocycles. The van der Waals surface area contributed by atoms with Gasteiger partial charge in [0.25, 0.3) is 0 Å². The number of carboxylic acids is 1. The fourth-order valence-electron chi connectivity index (χ4n) is 4.12. The summed E-state index contributed by atoms with van der Waals surface area (Å²) in [7, 11) is 0. The summed E-state index contributed by atoms with van der Waals surface area (Å²) in [5.41, 5.74) is 4.11. The summed E-state index contributed by atoms with van der Waals surface area (Å²) in [5.74, 6) is -0.421. The Labute approximate surface area is 120 Å². The van der Waals surface area contributed by atoms with Crippen molar-refractivity contribution in [1.29, 1.82) is 0 Å². The summed E-state index contributed by atoms with van der Waals surface area (Å²) >= 11 is 0. The number of aliphatic carboxylic acids is 1. The Morgan fingerprint density at radius 1 is 1.40 bits per heavy atom. The topological polar surface area (TPSA) is 46.5 Å². The molecule has 0 bridgehead atoms. The first-order chi connectivity index (χ1) is 9.62. The normalized spacial score (nSPS) is 24.4. The van der Waals surface area contributed by atoms with Crippen molar-refractivity contribution in [3.8, 4) is 0 Å². The largest absolute Gasteiger partial charge is 0.481 e. The molecule has 108 valence electrons. The van der Waals surface area contributed by atoms with Crippen molar-refractivity contribution in [3.05, 3.63) is 34.9 Å². The second-order valence-corrected chi connectivity index (χ2v) is 6.26. The van der Waals surface area contributed by atoms with E-state index in [9.17, 15) is 9.90 Å². The summed E-state index contributed by atoms with van der Waals surface area (Å²) in [6.07, 6.45) is 4.20. The molecule has 1 N–H and O–H groups in total. The van der Waals surface area contributed by atoms with Crippen molar-refractivity contribution >= 4 is 5.97 Å². The minimum absolute atomic E-state index is 0.0241. The van der Waals surface area contributed by atoms with E-state index >= 15 is 0 Å². The van der Waals surface area contributed by atoms with E-state index < -0.39 is 5.97 Å². The predicted octanol–water partition coefficient (Wildman–Crippen LogP) is 3.08. The van der Waals surface area contributed by atoms with Crippen molar-refractivity contribution in [2.45, 2.75) is 44.4 Å². The SMILES string of the molecule is Cc1ccc2c(c1)C1(CCOCC1)C(CC(=O)O)CC2. The number of fused-ring (bicyclic) bond motifs is 2. The first-order valence-corrected chi connectivity index (χ1v) is 7.51. The quantitative estimate of drug-likeness (QED) is 0.901. The van der Waals surface area contributed by atoms with E-state index in [2.05, 4.69) is 25.1 Å². The van der Waals surface area contributed by atoms with E-state index in [1.807, 2.05) is 0 Å². The van der Waals surface area contributed by atoms with Crippen molar-refractivity contribution in [2.24, 2.45) is 5.92 Å². The minimum Gasteiger partial charge on any atom is -0.481 e. The van der Waals surface area contributed by atoms with Gasteiger partial charge in [0.15, 0.2) is 0 Å². The second kappa shape index (κ2) is 5.21. The first-order valence-electron chi connectivity index (χ1n) is 7.51. The molecule has 3 rings (SSSR count). The third kappa shape index (κ3) is 2.24. The highest BCUT2D eigenvalue weighted by atomic mass is 16.5. The van der Waals surface area contributed by atoms with Gasteiger partial charge in [-0.05, 0) is 49.7 Å². The van der Waals surface area contributed by atoms with E-state index in [1.165, 1.54) is 16.7 Å². The Morgan fingerprint density at radius 2 is 2.15 bits per heavy atom. The highest BCUT2D eigenvalue weighted by Crippen LogP contribution is 2.49. The van der Waals surface area contributed by atoms with Gasteiger partial charge in [-0.25, -0.2) is 0 Å². The van der Waals surface area contributed by atoms with Crippen LogP contribution in [0.5, 0.6) is 0 Å². The van der Waals surface area contributed by atoms with E-state index in [1.54, 1.807) is 0 Å². The van der Waals surface area contributed by atoms with Crippen LogP contribution < -0.4 is 0 Å². The van der Waals surface area contributed by atoms with Gasteiger partial charge >= 0.3 is 5.97 Å². The molecular weight excluding hydrogens is 252 g/mol. The second-order valence-electron chi connectivity index (χ2n) is 6.26. The molecule has 0 aromatic heterocycles. The number of rotatable bonds is 2. The molecule has 1 aliphatic heterocycles. The Kier molecular flexibility index (Phi) is 3.55. The molecule has 1 atom stereocenters. The summed E-state index contributed by atoms with van der Waals surface area (Å²) in [6, 6.07) is 6.69. The Bertz CT molecular complexity index is 515. The number of hydrogen-bond donors (Lipinski definition) is 1. The molecule has 1 spiro atoms. The van der Waals surface area contributed by atoms with Crippen LogP contribution in [0.1, 0.15) is 42.4 Å². The number of carbonyl (C=O) groups is 1. The summed E-state index contributed by atoms with van der Waals surface area (Å²) < 4.78 is 5.55. The van der Waals surface area contributed by atoms with E-state index in [4.69, 9.17) is 4.74 Å². The van der Waals surface area contributed by atoms with Crippen LogP contribution in [0, 0.1) is 12.8 Å². The van der Waals surface area contributed by atoms with Crippen molar-refractivity contribution in [2.75, 3.05) is 13.2 Å². The molecular formula is C17H22O3. The van der Waals surface area contributed by atoms with Gasteiger partial charge in [0.1, 0.15) is 0 Å². The molecule has 1 aromatic rings. The summed E-state index contributed by atoms with van der Waals surface area (Å²) in [4.78, 5) is 11.2. The number of hydrogen-bond acceptors (Lipinski definition) is 2. The monoisotopic (exact) mass is 274 g/mol. The molecule has 1 heterocycles. The number of benzene rings is 1. The highest BCUT2D eigenvalue weighted by molar-refractivity contribution is 5.67. The van der Waals surface area contributed by atoms with Crippen LogP contribution in [-0.4, -0.2) is 24.3 Å². The van der Waals surface area contributed by atoms with E-state index in [0.29, 0.717) is 0 Å². The minimum atomic E-state index is -0.669. The molecule has 2 aliphatic rings. The van der Waals surface area contributed by atoms with E-state index in [0.717, 1.165) is 38.9 Å². The standard InChI is InChI=1S/C17H22O3/c1-12-2-3-13-4-5-14(11-16(18)19)17(15(13)10-12)6-8-20-9-7-17/h2-3,10,14H,4-9,11H2,1H3,(H,18,19). The fraction of sp³-hybridized carbons (Fsp3) is 0.588. The Morgan fingerprint density at radius 3 is 2.85 bits per heavy atom. The van der Waals surface area contributed by atoms with Crippen LogP contribution in [0.15, 0.2) is 18.2 Å². The number of carboxylic acid groups (broad SMARTS) is 1. The molecule has 1 fully saturated rings. The van der Waals surface area contributed by atoms with Gasteiger partial charge in [0, 0.05) is 25.0 Å². The molecule has 1 aromatic carbocycles. The number of aryl methyl sites for hydroxylation is 2. The van der Waals surface area contributed by atoms with Crippen LogP contribution in [0.2, 0.25) is 0 Å². The molecule has 20 heavy (non-hydrogen) atoms. The Hall–Kier alpha value is -1.35. The van der Waals surface area contributed by atoms with Crippen molar-refractivity contribution in [1.82, 2.24) is 0 Å². The number of ether oxygens (including phenoxy) is 1. The van der Waals surface area contributed by atoms with Crippen LogP contribution in [-0.2, 0) is 21.4 Å². The average molecular weight is 274 g/mol. The molecule has 3 heteroatoms. The lowest BCUT2D eigenvalue weighted by Crippen LogP contribution is -2.45. The third-order valence-corrected chi connectivity index (χ3v) is 5.15. The van der Waals surface area contributed by atoms with Gasteiger partial charge in [-0.1, -0.05) is 23.8 Å². The molecule has 0 amide bonds. The molecule has 1 saturated heterocycles. The molecule has 3 nitrogen and oxygen atoms in total. The van der Waals surface area contributed by atoms with Gasteiger partial charge in [-0.2, -0.15) is 0 Å². The highest BCUT2D eigenvalue weighted by Gasteiger charge is 2.45. The lowest BCUT2D eigenvalue weighted by Gasteiger charge is -2.47. The maximum atomic E-state index is 11.2. The maximum absolute atomic E-state index is 11.2. The lowest BCUT2D eigenvalue weighted by molar-refractivity contribution is -0.139. The fourth-order valence-corrected chi connectivity index (χ4v) is 4.12. The molecule has 0 radical (unpaired) electrons. The van der Waals surface area contributed by atoms with Gasteiger partial charge in [0.05, 0.1) is 0 Å². The van der Waals surface area contributed by atoms with Crippen LogP contribution >= 0.6 is 0 Å². The van der Waals surface area contributed by atoms with Crippen LogP contribution in [0.25, 0.3) is 0 Å². The zero-order valence-corrected chi connectivity index (χ0v) is 12.0. The smallest absolute Gasteiger partial charge is 0.303 e. The first kappa shape index (κ1) is 13.6.